The molecule has 17 heavy (non-hydrogen) atoms. The molecule has 0 saturated carbocycles. The molecule has 0 aliphatic carbocycles. The Hall–Kier alpha value is -2.14. The van der Waals surface area contributed by atoms with Crippen molar-refractivity contribution in [3.8, 4) is 10.8 Å². The van der Waals surface area contributed by atoms with Gasteiger partial charge < -0.3 is 10.5 Å². The van der Waals surface area contributed by atoms with Crippen LogP contribution in [0, 0.1) is 0 Å². The molecule has 0 fully saturated rings. The molecule has 0 radical (unpaired) electrons. The third kappa shape index (κ3) is 2.51. The first-order chi connectivity index (χ1) is 8.20. The summed E-state index contributed by atoms with van der Waals surface area (Å²) in [7, 11) is 0. The number of hydrogen-bond acceptors (Lipinski definition) is 4. The highest BCUT2D eigenvalue weighted by atomic mass is 32.1. The second kappa shape index (κ2) is 4.80. The number of thiophene rings is 1. The van der Waals surface area contributed by atoms with Crippen molar-refractivity contribution in [2.45, 2.75) is 0 Å². The Labute approximate surface area is 102 Å². The lowest BCUT2D eigenvalue weighted by Crippen LogP contribution is -2.11. The van der Waals surface area contributed by atoms with Gasteiger partial charge in [-0.25, -0.2) is 0 Å². The average molecular weight is 247 g/mol. The minimum Gasteiger partial charge on any atom is -0.446 e. The molecule has 5 heteroatoms. The van der Waals surface area contributed by atoms with Crippen molar-refractivity contribution in [1.82, 2.24) is 0 Å². The van der Waals surface area contributed by atoms with Crippen molar-refractivity contribution in [3.05, 3.63) is 46.8 Å². The zero-order chi connectivity index (χ0) is 12.3. The SMILES string of the molecule is NC(=O)c1ccccc1Oc1ccc(C=O)s1. The van der Waals surface area contributed by atoms with Gasteiger partial charge in [0.1, 0.15) is 5.75 Å². The van der Waals surface area contributed by atoms with Crippen LogP contribution in [0.15, 0.2) is 36.4 Å². The number of carbonyl (C=O) groups is 2. The molecule has 0 atom stereocenters. The molecular weight excluding hydrogens is 238 g/mol. The van der Waals surface area contributed by atoms with Gasteiger partial charge in [-0.1, -0.05) is 23.5 Å². The largest absolute Gasteiger partial charge is 0.446 e. The van der Waals surface area contributed by atoms with Crippen LogP contribution in [0.1, 0.15) is 20.0 Å². The van der Waals surface area contributed by atoms with Crippen LogP contribution in [0.25, 0.3) is 0 Å². The van der Waals surface area contributed by atoms with Gasteiger partial charge in [-0.05, 0) is 24.3 Å². The molecule has 1 aromatic heterocycles. The molecule has 0 bridgehead atoms. The predicted molar refractivity (Wildman–Crippen MR) is 64.7 cm³/mol. The molecule has 2 N–H and O–H groups in total. The van der Waals surface area contributed by atoms with Crippen LogP contribution < -0.4 is 10.5 Å². The van der Waals surface area contributed by atoms with E-state index in [4.69, 9.17) is 10.5 Å². The number of benzene rings is 1. The van der Waals surface area contributed by atoms with Crippen LogP contribution in [0.3, 0.4) is 0 Å². The van der Waals surface area contributed by atoms with E-state index in [0.717, 1.165) is 6.29 Å². The highest BCUT2D eigenvalue weighted by Gasteiger charge is 2.10. The van der Waals surface area contributed by atoms with Crippen molar-refractivity contribution >= 4 is 23.5 Å². The van der Waals surface area contributed by atoms with Crippen molar-refractivity contribution < 1.29 is 14.3 Å². The summed E-state index contributed by atoms with van der Waals surface area (Å²) in [5.41, 5.74) is 5.54. The molecule has 2 aromatic rings. The molecule has 0 aliphatic heterocycles. The Kier molecular flexibility index (Phi) is 3.20. The number of carbonyl (C=O) groups excluding carboxylic acids is 2. The fourth-order valence-corrected chi connectivity index (χ4v) is 2.00. The number of ether oxygens (including phenoxy) is 1. The number of amides is 1. The zero-order valence-electron chi connectivity index (χ0n) is 8.75. The fourth-order valence-electron chi connectivity index (χ4n) is 1.32. The lowest BCUT2D eigenvalue weighted by Gasteiger charge is -2.06. The second-order valence-electron chi connectivity index (χ2n) is 3.24. The molecule has 0 aliphatic rings. The maximum absolute atomic E-state index is 11.2. The van der Waals surface area contributed by atoms with Crippen LogP contribution in [0.2, 0.25) is 0 Å². The summed E-state index contributed by atoms with van der Waals surface area (Å²) in [5.74, 6) is -0.160. The standard InChI is InChI=1S/C12H9NO3S/c13-12(15)9-3-1-2-4-10(9)16-11-6-5-8(7-14)17-11/h1-7H,(H2,13,15). The summed E-state index contributed by atoms with van der Waals surface area (Å²) in [6.45, 7) is 0. The maximum Gasteiger partial charge on any atom is 0.252 e. The van der Waals surface area contributed by atoms with E-state index in [9.17, 15) is 9.59 Å². The quantitative estimate of drug-likeness (QED) is 0.844. The maximum atomic E-state index is 11.2. The zero-order valence-corrected chi connectivity index (χ0v) is 9.57. The molecule has 2 rings (SSSR count). The topological polar surface area (TPSA) is 69.4 Å². The molecular formula is C12H9NO3S. The number of nitrogens with two attached hydrogens (primary N) is 1. The third-order valence-electron chi connectivity index (χ3n) is 2.08. The Morgan fingerprint density at radius 2 is 2.00 bits per heavy atom. The molecule has 1 amide bonds. The summed E-state index contributed by atoms with van der Waals surface area (Å²) in [5, 5.41) is 0.542. The normalized spacial score (nSPS) is 9.88. The van der Waals surface area contributed by atoms with Crippen molar-refractivity contribution in [2.24, 2.45) is 5.73 Å². The molecule has 4 nitrogen and oxygen atoms in total. The first-order valence-electron chi connectivity index (χ1n) is 4.82. The van der Waals surface area contributed by atoms with E-state index in [1.807, 2.05) is 0 Å². The first-order valence-corrected chi connectivity index (χ1v) is 5.64. The van der Waals surface area contributed by atoms with Gasteiger partial charge in [-0.3, -0.25) is 9.59 Å². The van der Waals surface area contributed by atoms with Crippen LogP contribution in [-0.2, 0) is 0 Å². The van der Waals surface area contributed by atoms with Crippen molar-refractivity contribution in [3.63, 3.8) is 0 Å². The molecule has 1 aromatic carbocycles. The van der Waals surface area contributed by atoms with E-state index < -0.39 is 5.91 Å². The minimum absolute atomic E-state index is 0.313. The second-order valence-corrected chi connectivity index (χ2v) is 4.32. The van der Waals surface area contributed by atoms with E-state index in [0.29, 0.717) is 21.3 Å². The molecule has 0 spiro atoms. The van der Waals surface area contributed by atoms with E-state index >= 15 is 0 Å². The lowest BCUT2D eigenvalue weighted by atomic mass is 10.2. The Balaban J connectivity index is 2.29. The van der Waals surface area contributed by atoms with Gasteiger partial charge in [0.25, 0.3) is 5.91 Å². The van der Waals surface area contributed by atoms with Gasteiger partial charge >= 0.3 is 0 Å². The molecule has 0 saturated heterocycles. The summed E-state index contributed by atoms with van der Waals surface area (Å²) in [6.07, 6.45) is 0.748. The number of aldehydes is 1. The lowest BCUT2D eigenvalue weighted by molar-refractivity contribution is 0.0997. The van der Waals surface area contributed by atoms with E-state index in [-0.39, 0.29) is 0 Å². The molecule has 1 heterocycles. The van der Waals surface area contributed by atoms with Crippen molar-refractivity contribution in [2.75, 3.05) is 0 Å². The summed E-state index contributed by atoms with van der Waals surface area (Å²) >= 11 is 1.21. The van der Waals surface area contributed by atoms with Gasteiger partial charge in [0.2, 0.25) is 0 Å². The molecule has 0 unspecified atom stereocenters. The number of para-hydroxylation sites is 1. The highest BCUT2D eigenvalue weighted by Crippen LogP contribution is 2.30. The Bertz CT molecular complexity index is 562. The monoisotopic (exact) mass is 247 g/mol. The Morgan fingerprint density at radius 3 is 2.65 bits per heavy atom. The van der Waals surface area contributed by atoms with Gasteiger partial charge in [0.15, 0.2) is 11.3 Å². The number of hydrogen-bond donors (Lipinski definition) is 1. The Morgan fingerprint density at radius 1 is 1.24 bits per heavy atom. The van der Waals surface area contributed by atoms with Gasteiger partial charge in [-0.15, -0.1) is 0 Å². The van der Waals surface area contributed by atoms with Gasteiger partial charge in [0.05, 0.1) is 10.4 Å². The fraction of sp³-hybridized carbons (Fsp3) is 0. The third-order valence-corrected chi connectivity index (χ3v) is 2.97. The highest BCUT2D eigenvalue weighted by molar-refractivity contribution is 7.15. The predicted octanol–water partition coefficient (Wildman–Crippen LogP) is 2.45. The van der Waals surface area contributed by atoms with Crippen LogP contribution in [0.4, 0.5) is 0 Å². The average Bonchev–Trinajstić information content (AvgIpc) is 2.77. The van der Waals surface area contributed by atoms with Crippen LogP contribution >= 0.6 is 11.3 Å². The van der Waals surface area contributed by atoms with E-state index in [1.165, 1.54) is 11.3 Å². The number of primary amides is 1. The first kappa shape index (κ1) is 11.3. The van der Waals surface area contributed by atoms with Crippen molar-refractivity contribution in [1.29, 1.82) is 0 Å². The van der Waals surface area contributed by atoms with Gasteiger partial charge in [-0.2, -0.15) is 0 Å². The minimum atomic E-state index is -0.548. The van der Waals surface area contributed by atoms with E-state index in [2.05, 4.69) is 0 Å². The molecule has 86 valence electrons. The summed E-state index contributed by atoms with van der Waals surface area (Å²) in [6, 6.07) is 10.0. The summed E-state index contributed by atoms with van der Waals surface area (Å²) in [4.78, 5) is 22.3. The smallest absolute Gasteiger partial charge is 0.252 e. The summed E-state index contributed by atoms with van der Waals surface area (Å²) < 4.78 is 5.51. The number of rotatable bonds is 4. The van der Waals surface area contributed by atoms with Gasteiger partial charge in [0, 0.05) is 0 Å². The van der Waals surface area contributed by atoms with E-state index in [1.54, 1.807) is 36.4 Å². The van der Waals surface area contributed by atoms with Crippen LogP contribution in [0.5, 0.6) is 10.8 Å². The van der Waals surface area contributed by atoms with Crippen LogP contribution in [-0.4, -0.2) is 12.2 Å².